The maximum atomic E-state index is 14.2. The Bertz CT molecular complexity index is 1280. The summed E-state index contributed by atoms with van der Waals surface area (Å²) in [6.07, 6.45) is 0. The summed E-state index contributed by atoms with van der Waals surface area (Å²) in [7, 11) is 0.851. The van der Waals surface area contributed by atoms with Crippen LogP contribution < -0.4 is 15.0 Å². The van der Waals surface area contributed by atoms with E-state index in [9.17, 15) is 27.2 Å². The predicted molar refractivity (Wildman–Crippen MR) is 127 cm³/mol. The summed E-state index contributed by atoms with van der Waals surface area (Å²) >= 11 is 0. The molecule has 36 heavy (non-hydrogen) atoms. The second kappa shape index (κ2) is 10.3. The van der Waals surface area contributed by atoms with Crippen LogP contribution in [0.3, 0.4) is 0 Å². The summed E-state index contributed by atoms with van der Waals surface area (Å²) in [6.45, 7) is 4.13. The quantitative estimate of drug-likeness (QED) is 0.404. The van der Waals surface area contributed by atoms with E-state index in [1.165, 1.54) is 12.1 Å². The monoisotopic (exact) mass is 501 g/mol. The number of benzene rings is 3. The third kappa shape index (κ3) is 4.71. The number of rotatable bonds is 5. The Balaban J connectivity index is 1.41. The standard InChI is InChI=1S/C26H23F4N3O3/c1-15-5-3-4-6-18(15)26(35)33-13-11-32(12-14-33)17-9-7-16(8-10-17)31-25(34)19-20(27)22(29)24(36-2)23(30)21(19)28/h3-10H,11-14H2,1-2H3,(H,31,34). The van der Waals surface area contributed by atoms with Gasteiger partial charge in [0.1, 0.15) is 5.56 Å². The molecule has 0 atom stereocenters. The molecule has 1 aliphatic heterocycles. The fourth-order valence-corrected chi connectivity index (χ4v) is 4.09. The molecule has 6 nitrogen and oxygen atoms in total. The predicted octanol–water partition coefficient (Wildman–Crippen LogP) is 4.77. The zero-order valence-corrected chi connectivity index (χ0v) is 19.6. The van der Waals surface area contributed by atoms with Crippen LogP contribution in [0.15, 0.2) is 48.5 Å². The fourth-order valence-electron chi connectivity index (χ4n) is 4.09. The summed E-state index contributed by atoms with van der Waals surface area (Å²) in [5.41, 5.74) is 1.20. The first-order valence-corrected chi connectivity index (χ1v) is 11.1. The number of halogens is 4. The first-order valence-electron chi connectivity index (χ1n) is 11.1. The number of aryl methyl sites for hydroxylation is 1. The van der Waals surface area contributed by atoms with Gasteiger partial charge in [-0.1, -0.05) is 18.2 Å². The Morgan fingerprint density at radius 2 is 1.42 bits per heavy atom. The highest BCUT2D eigenvalue weighted by Crippen LogP contribution is 2.30. The number of ether oxygens (including phenoxy) is 1. The van der Waals surface area contributed by atoms with Crippen LogP contribution in [0.2, 0.25) is 0 Å². The molecule has 0 radical (unpaired) electrons. The van der Waals surface area contributed by atoms with Crippen molar-refractivity contribution >= 4 is 23.2 Å². The molecule has 0 saturated carbocycles. The van der Waals surface area contributed by atoms with E-state index in [0.29, 0.717) is 31.7 Å². The van der Waals surface area contributed by atoms with Gasteiger partial charge < -0.3 is 19.9 Å². The van der Waals surface area contributed by atoms with E-state index in [1.807, 2.05) is 31.2 Å². The lowest BCUT2D eigenvalue weighted by Gasteiger charge is -2.36. The molecule has 10 heteroatoms. The average molecular weight is 501 g/mol. The van der Waals surface area contributed by atoms with Crippen LogP contribution in [0.4, 0.5) is 28.9 Å². The molecular formula is C26H23F4N3O3. The SMILES string of the molecule is COc1c(F)c(F)c(C(=O)Nc2ccc(N3CCN(C(=O)c4ccccc4C)CC3)cc2)c(F)c1F. The van der Waals surface area contributed by atoms with Crippen molar-refractivity contribution in [1.29, 1.82) is 0 Å². The first-order chi connectivity index (χ1) is 17.2. The molecule has 0 bridgehead atoms. The fraction of sp³-hybridized carbons (Fsp3) is 0.231. The van der Waals surface area contributed by atoms with Gasteiger partial charge in [-0.05, 0) is 42.8 Å². The van der Waals surface area contributed by atoms with Crippen LogP contribution in [0.1, 0.15) is 26.3 Å². The summed E-state index contributed by atoms with van der Waals surface area (Å²) in [5.74, 6) is -9.89. The lowest BCUT2D eigenvalue weighted by molar-refractivity contribution is 0.0746. The van der Waals surface area contributed by atoms with Crippen molar-refractivity contribution in [1.82, 2.24) is 4.90 Å². The van der Waals surface area contributed by atoms with Crippen molar-refractivity contribution in [2.24, 2.45) is 0 Å². The van der Waals surface area contributed by atoms with Gasteiger partial charge in [-0.3, -0.25) is 9.59 Å². The molecular weight excluding hydrogens is 478 g/mol. The molecule has 0 unspecified atom stereocenters. The number of hydrogen-bond donors (Lipinski definition) is 1. The summed E-state index contributed by atoms with van der Waals surface area (Å²) in [4.78, 5) is 29.0. The Morgan fingerprint density at radius 1 is 0.833 bits per heavy atom. The maximum absolute atomic E-state index is 14.2. The van der Waals surface area contributed by atoms with Crippen LogP contribution in [-0.4, -0.2) is 50.0 Å². The van der Waals surface area contributed by atoms with Crippen LogP contribution in [0.25, 0.3) is 0 Å². The van der Waals surface area contributed by atoms with Gasteiger partial charge in [0.05, 0.1) is 7.11 Å². The van der Waals surface area contributed by atoms with Crippen LogP contribution in [0, 0.1) is 30.2 Å². The highest BCUT2D eigenvalue weighted by atomic mass is 19.2. The Hall–Kier alpha value is -4.08. The molecule has 3 aromatic carbocycles. The van der Waals surface area contributed by atoms with E-state index < -0.39 is 40.5 Å². The highest BCUT2D eigenvalue weighted by molar-refractivity contribution is 6.05. The van der Waals surface area contributed by atoms with Gasteiger partial charge in [0.2, 0.25) is 11.6 Å². The first kappa shape index (κ1) is 25.0. The molecule has 0 aromatic heterocycles. The van der Waals surface area contributed by atoms with E-state index in [2.05, 4.69) is 15.0 Å². The van der Waals surface area contributed by atoms with Crippen molar-refractivity contribution in [2.45, 2.75) is 6.92 Å². The zero-order chi connectivity index (χ0) is 26.0. The molecule has 1 fully saturated rings. The van der Waals surface area contributed by atoms with Crippen LogP contribution >= 0.6 is 0 Å². The molecule has 2 amide bonds. The largest absolute Gasteiger partial charge is 0.491 e. The number of carbonyl (C=O) groups is 2. The third-order valence-electron chi connectivity index (χ3n) is 6.09. The van der Waals surface area contributed by atoms with E-state index in [4.69, 9.17) is 0 Å². The molecule has 0 spiro atoms. The minimum absolute atomic E-state index is 0.0170. The van der Waals surface area contributed by atoms with Crippen molar-refractivity contribution in [3.63, 3.8) is 0 Å². The molecule has 1 aliphatic rings. The minimum Gasteiger partial charge on any atom is -0.491 e. The van der Waals surface area contributed by atoms with Gasteiger partial charge in [-0.15, -0.1) is 0 Å². The van der Waals surface area contributed by atoms with Crippen LogP contribution in [-0.2, 0) is 0 Å². The number of methoxy groups -OCH3 is 1. The van der Waals surface area contributed by atoms with Gasteiger partial charge in [0.15, 0.2) is 17.4 Å². The highest BCUT2D eigenvalue weighted by Gasteiger charge is 2.30. The van der Waals surface area contributed by atoms with E-state index in [1.54, 1.807) is 17.0 Å². The number of amides is 2. The normalized spacial score (nSPS) is 13.5. The molecule has 188 valence electrons. The second-order valence-corrected chi connectivity index (χ2v) is 8.26. The van der Waals surface area contributed by atoms with E-state index in [0.717, 1.165) is 18.4 Å². The smallest absolute Gasteiger partial charge is 0.261 e. The molecule has 0 aliphatic carbocycles. The van der Waals surface area contributed by atoms with Gasteiger partial charge in [-0.2, -0.15) is 8.78 Å². The summed E-state index contributed by atoms with van der Waals surface area (Å²) in [6, 6.07) is 13.8. The maximum Gasteiger partial charge on any atom is 0.261 e. The summed E-state index contributed by atoms with van der Waals surface area (Å²) in [5, 5.41) is 2.24. The molecule has 3 aromatic rings. The van der Waals surface area contributed by atoms with Crippen molar-refractivity contribution in [3.05, 3.63) is 88.5 Å². The number of carbonyl (C=O) groups excluding carboxylic acids is 2. The molecule has 1 saturated heterocycles. The van der Waals surface area contributed by atoms with Gasteiger partial charge in [0, 0.05) is 43.1 Å². The molecule has 1 N–H and O–H groups in total. The average Bonchev–Trinajstić information content (AvgIpc) is 2.88. The number of piperazine rings is 1. The van der Waals surface area contributed by atoms with Crippen molar-refractivity contribution in [2.75, 3.05) is 43.5 Å². The third-order valence-corrected chi connectivity index (χ3v) is 6.09. The van der Waals surface area contributed by atoms with E-state index >= 15 is 0 Å². The lowest BCUT2D eigenvalue weighted by Crippen LogP contribution is -2.48. The van der Waals surface area contributed by atoms with Gasteiger partial charge in [0.25, 0.3) is 11.8 Å². The zero-order valence-electron chi connectivity index (χ0n) is 19.6. The number of nitrogens with zero attached hydrogens (tertiary/aromatic N) is 2. The topological polar surface area (TPSA) is 61.9 Å². The Labute approximate surface area is 205 Å². The second-order valence-electron chi connectivity index (χ2n) is 8.26. The lowest BCUT2D eigenvalue weighted by atomic mass is 10.1. The van der Waals surface area contributed by atoms with Gasteiger partial charge in [-0.25, -0.2) is 8.78 Å². The Morgan fingerprint density at radius 3 is 1.97 bits per heavy atom. The van der Waals surface area contributed by atoms with Gasteiger partial charge >= 0.3 is 0 Å². The molecule has 4 rings (SSSR count). The summed E-state index contributed by atoms with van der Waals surface area (Å²) < 4.78 is 60.6. The van der Waals surface area contributed by atoms with Crippen molar-refractivity contribution in [3.8, 4) is 5.75 Å². The number of hydrogen-bond acceptors (Lipinski definition) is 4. The number of nitrogens with one attached hydrogen (secondary N) is 1. The molecule has 1 heterocycles. The van der Waals surface area contributed by atoms with Crippen molar-refractivity contribution < 1.29 is 31.9 Å². The van der Waals surface area contributed by atoms with Crippen LogP contribution in [0.5, 0.6) is 5.75 Å². The minimum atomic E-state index is -1.85. The van der Waals surface area contributed by atoms with E-state index in [-0.39, 0.29) is 11.6 Å². The number of anilines is 2. The Kier molecular flexibility index (Phi) is 7.14.